The minimum absolute atomic E-state index is 0.0437. The molecule has 3 rings (SSSR count). The average molecular weight is 485 g/mol. The number of nitrogens with zero attached hydrogens (tertiary/aromatic N) is 3. The molecule has 0 radical (unpaired) electrons. The third kappa shape index (κ3) is 8.86. The number of azide groups is 1. The number of fused-ring (bicyclic) bond motifs is 3. The predicted octanol–water partition coefficient (Wildman–Crippen LogP) is 3.90. The zero-order chi connectivity index (χ0) is 24.6. The molecule has 1 aliphatic carbocycles. The first-order chi connectivity index (χ1) is 17.3. The third-order valence-corrected chi connectivity index (χ3v) is 5.37. The van der Waals surface area contributed by atoms with E-state index < -0.39 is 6.09 Å². The molecule has 0 saturated carbocycles. The van der Waals surface area contributed by atoms with Gasteiger partial charge in [0.1, 0.15) is 6.61 Å². The smallest absolute Gasteiger partial charge is 0.407 e. The van der Waals surface area contributed by atoms with Gasteiger partial charge in [-0.3, -0.25) is 0 Å². The number of carbonyl (C=O) groups is 1. The lowest BCUT2D eigenvalue weighted by Crippen LogP contribution is -2.29. The van der Waals surface area contributed by atoms with Gasteiger partial charge in [-0.15, -0.1) is 0 Å². The Bertz CT molecular complexity index is 921. The highest BCUT2D eigenvalue weighted by Gasteiger charge is 2.28. The molecule has 10 heteroatoms. The van der Waals surface area contributed by atoms with Crippen molar-refractivity contribution in [1.82, 2.24) is 5.32 Å². The summed E-state index contributed by atoms with van der Waals surface area (Å²) in [7, 11) is 0. The van der Waals surface area contributed by atoms with E-state index in [4.69, 9.17) is 29.2 Å². The SMILES string of the molecule is [N-]=[N+]=NCCOCCOCCOCCOCCNC(=O)OCC1c2ccccc2-c2ccccc21. The van der Waals surface area contributed by atoms with Crippen LogP contribution < -0.4 is 5.32 Å². The number of hydrogen-bond donors (Lipinski definition) is 1. The van der Waals surface area contributed by atoms with Gasteiger partial charge in [-0.25, -0.2) is 4.79 Å². The van der Waals surface area contributed by atoms with Crippen LogP contribution in [-0.4, -0.2) is 78.6 Å². The minimum atomic E-state index is -0.453. The summed E-state index contributed by atoms with van der Waals surface area (Å²) in [4.78, 5) is 14.8. The normalized spacial score (nSPS) is 12.0. The van der Waals surface area contributed by atoms with Gasteiger partial charge >= 0.3 is 6.09 Å². The fourth-order valence-corrected chi connectivity index (χ4v) is 3.79. The number of rotatable bonds is 17. The molecule has 1 aliphatic rings. The Balaban J connectivity index is 1.17. The third-order valence-electron chi connectivity index (χ3n) is 5.37. The van der Waals surface area contributed by atoms with Crippen molar-refractivity contribution in [3.8, 4) is 11.1 Å². The molecule has 2 aromatic carbocycles. The van der Waals surface area contributed by atoms with Gasteiger partial charge in [0.2, 0.25) is 0 Å². The zero-order valence-corrected chi connectivity index (χ0v) is 19.8. The molecule has 0 bridgehead atoms. The average Bonchev–Trinajstić information content (AvgIpc) is 3.21. The summed E-state index contributed by atoms with van der Waals surface area (Å²) in [6.07, 6.45) is -0.453. The highest BCUT2D eigenvalue weighted by Crippen LogP contribution is 2.44. The Morgan fingerprint density at radius 2 is 1.31 bits per heavy atom. The Morgan fingerprint density at radius 1 is 0.800 bits per heavy atom. The van der Waals surface area contributed by atoms with Gasteiger partial charge in [-0.05, 0) is 27.8 Å². The van der Waals surface area contributed by atoms with E-state index in [0.717, 1.165) is 0 Å². The van der Waals surface area contributed by atoms with Crippen LogP contribution in [0.4, 0.5) is 4.79 Å². The molecule has 0 saturated heterocycles. The summed E-state index contributed by atoms with van der Waals surface area (Å²) in [5.41, 5.74) is 12.9. The number of nitrogens with one attached hydrogen (secondary N) is 1. The molecule has 0 aliphatic heterocycles. The molecule has 0 heterocycles. The molecule has 188 valence electrons. The quantitative estimate of drug-likeness (QED) is 0.157. The van der Waals surface area contributed by atoms with Crippen LogP contribution in [0.25, 0.3) is 21.6 Å². The van der Waals surface area contributed by atoms with Crippen LogP contribution in [0.3, 0.4) is 0 Å². The summed E-state index contributed by atoms with van der Waals surface area (Å²) >= 11 is 0. The van der Waals surface area contributed by atoms with Crippen molar-refractivity contribution in [3.63, 3.8) is 0 Å². The monoisotopic (exact) mass is 484 g/mol. The molecule has 1 N–H and O–H groups in total. The number of alkyl carbamates (subject to hydrolysis) is 1. The zero-order valence-electron chi connectivity index (χ0n) is 19.8. The van der Waals surface area contributed by atoms with Crippen molar-refractivity contribution < 1.29 is 28.5 Å². The highest BCUT2D eigenvalue weighted by molar-refractivity contribution is 5.79. The summed E-state index contributed by atoms with van der Waals surface area (Å²) in [6.45, 7) is 4.42. The van der Waals surface area contributed by atoms with Gasteiger partial charge in [0.05, 0.1) is 52.9 Å². The predicted molar refractivity (Wildman–Crippen MR) is 130 cm³/mol. The number of amides is 1. The van der Waals surface area contributed by atoms with Crippen LogP contribution in [0.2, 0.25) is 0 Å². The van der Waals surface area contributed by atoms with Crippen molar-refractivity contribution >= 4 is 6.09 Å². The summed E-state index contributed by atoms with van der Waals surface area (Å²) in [5, 5.41) is 6.09. The van der Waals surface area contributed by atoms with E-state index in [9.17, 15) is 4.79 Å². The van der Waals surface area contributed by atoms with Crippen LogP contribution >= 0.6 is 0 Å². The van der Waals surface area contributed by atoms with E-state index in [0.29, 0.717) is 72.6 Å². The van der Waals surface area contributed by atoms with Crippen molar-refractivity contribution in [3.05, 3.63) is 70.1 Å². The molecular formula is C25H32N4O6. The number of carbonyl (C=O) groups excluding carboxylic acids is 1. The first-order valence-electron chi connectivity index (χ1n) is 11.7. The lowest BCUT2D eigenvalue weighted by atomic mass is 9.98. The van der Waals surface area contributed by atoms with Gasteiger partial charge in [0.15, 0.2) is 0 Å². The maximum atomic E-state index is 12.1. The van der Waals surface area contributed by atoms with E-state index in [1.807, 2.05) is 24.3 Å². The second kappa shape index (κ2) is 15.7. The highest BCUT2D eigenvalue weighted by atomic mass is 16.6. The number of ether oxygens (including phenoxy) is 5. The molecule has 35 heavy (non-hydrogen) atoms. The lowest BCUT2D eigenvalue weighted by molar-refractivity contribution is -0.000635. The fourth-order valence-electron chi connectivity index (χ4n) is 3.79. The Hall–Kier alpha value is -3.14. The van der Waals surface area contributed by atoms with Crippen LogP contribution in [-0.2, 0) is 23.7 Å². The van der Waals surface area contributed by atoms with E-state index >= 15 is 0 Å². The van der Waals surface area contributed by atoms with E-state index in [1.54, 1.807) is 0 Å². The number of benzene rings is 2. The Kier molecular flexibility index (Phi) is 11.9. The van der Waals surface area contributed by atoms with E-state index in [2.05, 4.69) is 39.6 Å². The molecule has 0 atom stereocenters. The Morgan fingerprint density at radius 3 is 1.89 bits per heavy atom. The van der Waals surface area contributed by atoms with E-state index in [-0.39, 0.29) is 5.92 Å². The standard InChI is InChI=1S/C25H32N4O6/c26-29-28-10-12-32-14-16-34-18-17-33-15-13-31-11-9-27-25(30)35-19-24-22-7-3-1-5-20(22)21-6-2-4-8-23(21)24/h1-8,24H,9-19H2,(H,27,30). The topological polar surface area (TPSA) is 124 Å². The second-order valence-electron chi connectivity index (χ2n) is 7.66. The molecular weight excluding hydrogens is 452 g/mol. The largest absolute Gasteiger partial charge is 0.449 e. The summed E-state index contributed by atoms with van der Waals surface area (Å²) in [5.74, 6) is 0.0437. The van der Waals surface area contributed by atoms with Gasteiger partial charge < -0.3 is 29.0 Å². The molecule has 0 spiro atoms. The number of hydrogen-bond acceptors (Lipinski definition) is 7. The Labute approximate surface area is 205 Å². The van der Waals surface area contributed by atoms with E-state index in [1.165, 1.54) is 22.3 Å². The molecule has 0 fully saturated rings. The van der Waals surface area contributed by atoms with Crippen molar-refractivity contribution in [2.75, 3.05) is 72.6 Å². The summed E-state index contributed by atoms with van der Waals surface area (Å²) in [6, 6.07) is 16.5. The first kappa shape index (κ1) is 26.5. The maximum Gasteiger partial charge on any atom is 0.407 e. The molecule has 1 amide bonds. The fraction of sp³-hybridized carbons (Fsp3) is 0.480. The minimum Gasteiger partial charge on any atom is -0.449 e. The van der Waals surface area contributed by atoms with Crippen LogP contribution in [0.1, 0.15) is 17.0 Å². The van der Waals surface area contributed by atoms with Crippen LogP contribution in [0.15, 0.2) is 53.6 Å². The first-order valence-corrected chi connectivity index (χ1v) is 11.7. The molecule has 0 unspecified atom stereocenters. The van der Waals surface area contributed by atoms with Crippen molar-refractivity contribution in [1.29, 1.82) is 0 Å². The second-order valence-corrected chi connectivity index (χ2v) is 7.66. The van der Waals surface area contributed by atoms with Crippen molar-refractivity contribution in [2.45, 2.75) is 5.92 Å². The molecule has 10 nitrogen and oxygen atoms in total. The van der Waals surface area contributed by atoms with Crippen LogP contribution in [0.5, 0.6) is 0 Å². The van der Waals surface area contributed by atoms with Crippen LogP contribution in [0, 0.1) is 0 Å². The van der Waals surface area contributed by atoms with Gasteiger partial charge in [-0.1, -0.05) is 53.6 Å². The van der Waals surface area contributed by atoms with Crippen molar-refractivity contribution in [2.24, 2.45) is 5.11 Å². The molecule has 2 aromatic rings. The molecule has 0 aromatic heterocycles. The maximum absolute atomic E-state index is 12.1. The van der Waals surface area contributed by atoms with Gasteiger partial charge in [0.25, 0.3) is 0 Å². The lowest BCUT2D eigenvalue weighted by Gasteiger charge is -2.14. The van der Waals surface area contributed by atoms with Gasteiger partial charge in [0, 0.05) is 23.9 Å². The summed E-state index contributed by atoms with van der Waals surface area (Å²) < 4.78 is 26.9. The van der Waals surface area contributed by atoms with Gasteiger partial charge in [-0.2, -0.15) is 0 Å².